The normalized spacial score (nSPS) is 14.8. The predicted molar refractivity (Wildman–Crippen MR) is 58.1 cm³/mol. The zero-order chi connectivity index (χ0) is 11.5. The summed E-state index contributed by atoms with van der Waals surface area (Å²) in [5.41, 5.74) is 5.32. The van der Waals surface area contributed by atoms with E-state index >= 15 is 0 Å². The molecule has 2 rings (SSSR count). The van der Waals surface area contributed by atoms with E-state index in [4.69, 9.17) is 10.5 Å². The highest BCUT2D eigenvalue weighted by Crippen LogP contribution is 2.33. The van der Waals surface area contributed by atoms with Gasteiger partial charge in [0.05, 0.1) is 11.5 Å². The minimum absolute atomic E-state index is 0.0191. The molecule has 1 aliphatic carbocycles. The summed E-state index contributed by atoms with van der Waals surface area (Å²) in [7, 11) is 0. The molecule has 0 bridgehead atoms. The second-order valence-corrected chi connectivity index (χ2v) is 3.90. The molecule has 6 nitrogen and oxygen atoms in total. The predicted octanol–water partition coefficient (Wildman–Crippen LogP) is 1.75. The van der Waals surface area contributed by atoms with Crippen molar-refractivity contribution in [2.75, 3.05) is 12.3 Å². The molecule has 0 aromatic carbocycles. The van der Waals surface area contributed by atoms with E-state index in [-0.39, 0.29) is 17.4 Å². The van der Waals surface area contributed by atoms with E-state index in [1.165, 1.54) is 25.0 Å². The van der Waals surface area contributed by atoms with Gasteiger partial charge < -0.3 is 10.5 Å². The molecular weight excluding hydrogens is 210 g/mol. The Morgan fingerprint density at radius 1 is 1.56 bits per heavy atom. The molecule has 1 fully saturated rings. The van der Waals surface area contributed by atoms with Gasteiger partial charge in [0.2, 0.25) is 0 Å². The average Bonchev–Trinajstić information content (AvgIpc) is 3.01. The SMILES string of the molecule is Nc1ccc([N+](=O)[O-])c(OCCC2CC2)n1. The molecule has 0 unspecified atom stereocenters. The first-order valence-corrected chi connectivity index (χ1v) is 5.20. The van der Waals surface area contributed by atoms with E-state index in [1.54, 1.807) is 0 Å². The molecule has 0 atom stereocenters. The van der Waals surface area contributed by atoms with E-state index in [0.29, 0.717) is 6.61 Å². The fourth-order valence-corrected chi connectivity index (χ4v) is 1.42. The average molecular weight is 223 g/mol. The van der Waals surface area contributed by atoms with Crippen LogP contribution in [-0.4, -0.2) is 16.5 Å². The van der Waals surface area contributed by atoms with Crippen molar-refractivity contribution in [1.29, 1.82) is 0 Å². The zero-order valence-corrected chi connectivity index (χ0v) is 8.76. The summed E-state index contributed by atoms with van der Waals surface area (Å²) in [6, 6.07) is 2.71. The lowest BCUT2D eigenvalue weighted by Gasteiger charge is -2.05. The Kier molecular flexibility index (Phi) is 2.89. The summed E-state index contributed by atoms with van der Waals surface area (Å²) < 4.78 is 5.30. The third kappa shape index (κ3) is 2.59. The third-order valence-corrected chi connectivity index (χ3v) is 2.52. The van der Waals surface area contributed by atoms with Gasteiger partial charge >= 0.3 is 5.69 Å². The highest BCUT2D eigenvalue weighted by atomic mass is 16.6. The number of nitrogen functional groups attached to an aromatic ring is 1. The van der Waals surface area contributed by atoms with E-state index in [9.17, 15) is 10.1 Å². The van der Waals surface area contributed by atoms with Crippen molar-refractivity contribution in [2.45, 2.75) is 19.3 Å². The Hall–Kier alpha value is -1.85. The molecule has 0 aliphatic heterocycles. The van der Waals surface area contributed by atoms with Gasteiger partial charge in [-0.15, -0.1) is 0 Å². The molecule has 1 aliphatic rings. The van der Waals surface area contributed by atoms with Crippen LogP contribution < -0.4 is 10.5 Å². The number of hydrogen-bond donors (Lipinski definition) is 1. The van der Waals surface area contributed by atoms with Gasteiger partial charge in [0.25, 0.3) is 5.88 Å². The van der Waals surface area contributed by atoms with E-state index in [2.05, 4.69) is 4.98 Å². The first kappa shape index (κ1) is 10.7. The fraction of sp³-hybridized carbons (Fsp3) is 0.500. The number of ether oxygens (including phenoxy) is 1. The van der Waals surface area contributed by atoms with E-state index in [1.807, 2.05) is 0 Å². The quantitative estimate of drug-likeness (QED) is 0.606. The number of hydrogen-bond acceptors (Lipinski definition) is 5. The molecular formula is C10H13N3O3. The number of nitro groups is 1. The molecule has 6 heteroatoms. The number of nitrogens with zero attached hydrogens (tertiary/aromatic N) is 2. The Morgan fingerprint density at radius 3 is 2.94 bits per heavy atom. The van der Waals surface area contributed by atoms with Crippen molar-refractivity contribution in [1.82, 2.24) is 4.98 Å². The van der Waals surface area contributed by atoms with Crippen molar-refractivity contribution in [3.05, 3.63) is 22.2 Å². The summed E-state index contributed by atoms with van der Waals surface area (Å²) in [6.07, 6.45) is 3.39. The van der Waals surface area contributed by atoms with Crippen molar-refractivity contribution < 1.29 is 9.66 Å². The van der Waals surface area contributed by atoms with E-state index < -0.39 is 4.92 Å². The van der Waals surface area contributed by atoms with Gasteiger partial charge in [-0.25, -0.2) is 0 Å². The van der Waals surface area contributed by atoms with Crippen molar-refractivity contribution in [3.8, 4) is 5.88 Å². The minimum Gasteiger partial charge on any atom is -0.473 e. The van der Waals surface area contributed by atoms with Gasteiger partial charge in [-0.2, -0.15) is 4.98 Å². The fourth-order valence-electron chi connectivity index (χ4n) is 1.42. The highest BCUT2D eigenvalue weighted by Gasteiger charge is 2.22. The topological polar surface area (TPSA) is 91.3 Å². The first-order chi connectivity index (χ1) is 7.66. The Balaban J connectivity index is 2.03. The van der Waals surface area contributed by atoms with Gasteiger partial charge in [0.1, 0.15) is 5.82 Å². The van der Waals surface area contributed by atoms with Crippen LogP contribution >= 0.6 is 0 Å². The molecule has 86 valence electrons. The molecule has 1 aromatic rings. The maximum atomic E-state index is 10.7. The smallest absolute Gasteiger partial charge is 0.331 e. The van der Waals surface area contributed by atoms with Crippen LogP contribution in [0.3, 0.4) is 0 Å². The van der Waals surface area contributed by atoms with Crippen molar-refractivity contribution in [2.24, 2.45) is 5.92 Å². The molecule has 0 spiro atoms. The Morgan fingerprint density at radius 2 is 2.31 bits per heavy atom. The van der Waals surface area contributed by atoms with Gasteiger partial charge in [0, 0.05) is 6.07 Å². The van der Waals surface area contributed by atoms with Crippen LogP contribution in [0.2, 0.25) is 0 Å². The second kappa shape index (κ2) is 4.34. The van der Waals surface area contributed by atoms with Crippen molar-refractivity contribution in [3.63, 3.8) is 0 Å². The van der Waals surface area contributed by atoms with Crippen LogP contribution in [0, 0.1) is 16.0 Å². The third-order valence-electron chi connectivity index (χ3n) is 2.52. The van der Waals surface area contributed by atoms with Gasteiger partial charge in [-0.05, 0) is 18.4 Å². The van der Waals surface area contributed by atoms with Crippen LogP contribution in [0.1, 0.15) is 19.3 Å². The summed E-state index contributed by atoms with van der Waals surface area (Å²) >= 11 is 0. The lowest BCUT2D eigenvalue weighted by molar-refractivity contribution is -0.386. The summed E-state index contributed by atoms with van der Waals surface area (Å²) in [5.74, 6) is 0.970. The number of nitrogens with two attached hydrogens (primary N) is 1. The molecule has 16 heavy (non-hydrogen) atoms. The molecule has 1 heterocycles. The molecule has 1 aromatic heterocycles. The summed E-state index contributed by atoms with van der Waals surface area (Å²) in [6.45, 7) is 0.460. The van der Waals surface area contributed by atoms with Gasteiger partial charge in [-0.3, -0.25) is 10.1 Å². The first-order valence-electron chi connectivity index (χ1n) is 5.20. The number of rotatable bonds is 5. The van der Waals surface area contributed by atoms with Gasteiger partial charge in [0.15, 0.2) is 0 Å². The molecule has 1 saturated carbocycles. The number of anilines is 1. The van der Waals surface area contributed by atoms with Crippen molar-refractivity contribution >= 4 is 11.5 Å². The lowest BCUT2D eigenvalue weighted by atomic mass is 10.3. The second-order valence-electron chi connectivity index (χ2n) is 3.90. The Labute approximate surface area is 92.6 Å². The van der Waals surface area contributed by atoms with Crippen LogP contribution in [-0.2, 0) is 0 Å². The van der Waals surface area contributed by atoms with Crippen LogP contribution in [0.15, 0.2) is 12.1 Å². The lowest BCUT2D eigenvalue weighted by Crippen LogP contribution is -2.04. The monoisotopic (exact) mass is 223 g/mol. The van der Waals surface area contributed by atoms with Gasteiger partial charge in [-0.1, -0.05) is 12.8 Å². The minimum atomic E-state index is -0.515. The molecule has 0 amide bonds. The highest BCUT2D eigenvalue weighted by molar-refractivity contribution is 5.46. The summed E-state index contributed by atoms with van der Waals surface area (Å²) in [4.78, 5) is 14.0. The standard InChI is InChI=1S/C10H13N3O3/c11-9-4-3-8(13(14)15)10(12-9)16-6-5-7-1-2-7/h3-4,7H,1-2,5-6H2,(H2,11,12). The van der Waals surface area contributed by atoms with Crippen LogP contribution in [0.5, 0.6) is 5.88 Å². The van der Waals surface area contributed by atoms with Crippen LogP contribution in [0.25, 0.3) is 0 Å². The van der Waals surface area contributed by atoms with E-state index in [0.717, 1.165) is 12.3 Å². The summed E-state index contributed by atoms with van der Waals surface area (Å²) in [5, 5.41) is 10.7. The number of pyridine rings is 1. The zero-order valence-electron chi connectivity index (χ0n) is 8.76. The Bertz CT molecular complexity index is 404. The molecule has 2 N–H and O–H groups in total. The van der Waals surface area contributed by atoms with Crippen LogP contribution in [0.4, 0.5) is 11.5 Å². The maximum Gasteiger partial charge on any atom is 0.331 e. The largest absolute Gasteiger partial charge is 0.473 e. The molecule has 0 radical (unpaired) electrons. The molecule has 0 saturated heterocycles. The maximum absolute atomic E-state index is 10.7. The number of aromatic nitrogens is 1.